The Morgan fingerprint density at radius 2 is 1.80 bits per heavy atom. The van der Waals surface area contributed by atoms with E-state index in [4.69, 9.17) is 0 Å². The summed E-state index contributed by atoms with van der Waals surface area (Å²) in [6, 6.07) is 16.9. The molecule has 1 heterocycles. The van der Waals surface area contributed by atoms with E-state index in [1.54, 1.807) is 24.3 Å². The average Bonchev–Trinajstić information content (AvgIpc) is 3.03. The van der Waals surface area contributed by atoms with Crippen molar-refractivity contribution in [3.05, 3.63) is 59.2 Å². The van der Waals surface area contributed by atoms with Crippen LogP contribution in [0.2, 0.25) is 0 Å². The molecule has 1 saturated carbocycles. The molecule has 30 heavy (non-hydrogen) atoms. The van der Waals surface area contributed by atoms with Gasteiger partial charge in [0.1, 0.15) is 0 Å². The molecule has 0 bridgehead atoms. The normalized spacial score (nSPS) is 25.1. The van der Waals surface area contributed by atoms with Gasteiger partial charge in [0.05, 0.1) is 34.7 Å². The Hall–Kier alpha value is -2.83. The van der Waals surface area contributed by atoms with Gasteiger partial charge in [0.2, 0.25) is 0 Å². The quantitative estimate of drug-likeness (QED) is 0.716. The molecule has 0 amide bonds. The van der Waals surface area contributed by atoms with Gasteiger partial charge in [-0.05, 0) is 56.9 Å². The van der Waals surface area contributed by atoms with Crippen LogP contribution in [0, 0.1) is 42.4 Å². The zero-order chi connectivity index (χ0) is 21.5. The van der Waals surface area contributed by atoms with Crippen LogP contribution in [0.3, 0.4) is 0 Å². The summed E-state index contributed by atoms with van der Waals surface area (Å²) in [7, 11) is -3.86. The number of anilines is 1. The number of sulfonamides is 1. The van der Waals surface area contributed by atoms with E-state index in [9.17, 15) is 18.9 Å². The van der Waals surface area contributed by atoms with Crippen LogP contribution in [0.4, 0.5) is 5.69 Å². The molecule has 0 N–H and O–H groups in total. The van der Waals surface area contributed by atoms with Crippen LogP contribution in [0.5, 0.6) is 0 Å². The SMILES string of the molecule is Cc1ccc(S(=O)(=O)N2c3ccc(C)cc3[C@]3(CCC#N)CCC[C@@H](C#N)[C@H]23)cc1. The first-order valence-corrected chi connectivity index (χ1v) is 11.8. The fourth-order valence-electron chi connectivity index (χ4n) is 5.33. The Morgan fingerprint density at radius 3 is 2.47 bits per heavy atom. The molecule has 0 saturated heterocycles. The molecule has 0 aromatic heterocycles. The van der Waals surface area contributed by atoms with Crippen molar-refractivity contribution < 1.29 is 8.42 Å². The van der Waals surface area contributed by atoms with Crippen LogP contribution in [0.1, 0.15) is 48.8 Å². The van der Waals surface area contributed by atoms with Gasteiger partial charge in [-0.25, -0.2) is 8.42 Å². The second-order valence-electron chi connectivity index (χ2n) is 8.52. The molecule has 1 aliphatic carbocycles. The first kappa shape index (κ1) is 20.4. The molecule has 154 valence electrons. The van der Waals surface area contributed by atoms with Crippen molar-refractivity contribution in [3.8, 4) is 12.1 Å². The van der Waals surface area contributed by atoms with Crippen molar-refractivity contribution in [1.82, 2.24) is 0 Å². The summed E-state index contributed by atoms with van der Waals surface area (Å²) in [6.07, 6.45) is 3.20. The number of hydrogen-bond donors (Lipinski definition) is 0. The van der Waals surface area contributed by atoms with Crippen molar-refractivity contribution in [2.75, 3.05) is 4.31 Å². The van der Waals surface area contributed by atoms with Gasteiger partial charge in [-0.1, -0.05) is 41.8 Å². The Kier molecular flexibility index (Phi) is 5.08. The fraction of sp³-hybridized carbons (Fsp3) is 0.417. The van der Waals surface area contributed by atoms with Gasteiger partial charge in [-0.3, -0.25) is 4.31 Å². The molecule has 5 nitrogen and oxygen atoms in total. The van der Waals surface area contributed by atoms with Gasteiger partial charge >= 0.3 is 0 Å². The summed E-state index contributed by atoms with van der Waals surface area (Å²) in [5.74, 6) is -0.412. The third-order valence-corrected chi connectivity index (χ3v) is 8.50. The molecule has 1 fully saturated rings. The van der Waals surface area contributed by atoms with Crippen LogP contribution in [-0.4, -0.2) is 14.5 Å². The highest BCUT2D eigenvalue weighted by Gasteiger charge is 2.58. The zero-order valence-corrected chi connectivity index (χ0v) is 18.1. The number of aryl methyl sites for hydroxylation is 2. The first-order valence-electron chi connectivity index (χ1n) is 10.3. The minimum atomic E-state index is -3.86. The molecule has 2 aliphatic rings. The number of hydrogen-bond acceptors (Lipinski definition) is 4. The largest absolute Gasteiger partial charge is 0.264 e. The standard InChI is InChI=1S/C24H25N3O2S/c1-17-6-9-20(10-7-17)30(28,29)27-22-11-8-18(2)15-21(22)24(13-4-14-25)12-3-5-19(16-26)23(24)27/h6-11,15,19,23H,3-5,12-13H2,1-2H3/t19-,23-,24+/m0/s1. The summed E-state index contributed by atoms with van der Waals surface area (Å²) < 4.78 is 29.3. The second-order valence-corrected chi connectivity index (χ2v) is 10.3. The van der Waals surface area contributed by atoms with Crippen LogP contribution in [0.25, 0.3) is 0 Å². The molecule has 2 aromatic carbocycles. The average molecular weight is 420 g/mol. The molecular formula is C24H25N3O2S. The van der Waals surface area contributed by atoms with Gasteiger partial charge in [0, 0.05) is 11.8 Å². The lowest BCUT2D eigenvalue weighted by molar-refractivity contribution is 0.216. The van der Waals surface area contributed by atoms with Crippen molar-refractivity contribution >= 4 is 15.7 Å². The summed E-state index contributed by atoms with van der Waals surface area (Å²) in [6.45, 7) is 3.92. The van der Waals surface area contributed by atoms with E-state index in [2.05, 4.69) is 18.2 Å². The second kappa shape index (κ2) is 7.45. The third-order valence-electron chi connectivity index (χ3n) is 6.69. The Labute approximate surface area is 178 Å². The van der Waals surface area contributed by atoms with E-state index in [-0.39, 0.29) is 4.90 Å². The molecular weight excluding hydrogens is 394 g/mol. The van der Waals surface area contributed by atoms with Crippen LogP contribution >= 0.6 is 0 Å². The van der Waals surface area contributed by atoms with E-state index in [1.807, 2.05) is 26.0 Å². The highest BCUT2D eigenvalue weighted by atomic mass is 32.2. The van der Waals surface area contributed by atoms with E-state index < -0.39 is 27.4 Å². The lowest BCUT2D eigenvalue weighted by Gasteiger charge is -2.44. The molecule has 6 heteroatoms. The smallest absolute Gasteiger partial charge is 0.261 e. The van der Waals surface area contributed by atoms with Crippen LogP contribution in [0.15, 0.2) is 47.4 Å². The van der Waals surface area contributed by atoms with Gasteiger partial charge in [0.15, 0.2) is 0 Å². The Morgan fingerprint density at radius 1 is 1.10 bits per heavy atom. The maximum atomic E-state index is 13.9. The predicted octanol–water partition coefficient (Wildman–Crippen LogP) is 4.75. The number of fused-ring (bicyclic) bond motifs is 3. The van der Waals surface area contributed by atoms with E-state index in [1.165, 1.54) is 4.31 Å². The van der Waals surface area contributed by atoms with Crippen molar-refractivity contribution in [2.24, 2.45) is 5.92 Å². The Bertz CT molecular complexity index is 1160. The molecule has 0 spiro atoms. The monoisotopic (exact) mass is 419 g/mol. The number of nitrogens with zero attached hydrogens (tertiary/aromatic N) is 3. The van der Waals surface area contributed by atoms with E-state index in [0.717, 1.165) is 29.5 Å². The van der Waals surface area contributed by atoms with Gasteiger partial charge in [0.25, 0.3) is 10.0 Å². The maximum Gasteiger partial charge on any atom is 0.264 e. The van der Waals surface area contributed by atoms with E-state index in [0.29, 0.717) is 24.9 Å². The number of nitriles is 2. The molecule has 0 radical (unpaired) electrons. The van der Waals surface area contributed by atoms with Crippen molar-refractivity contribution in [1.29, 1.82) is 10.5 Å². The first-order chi connectivity index (χ1) is 14.3. The highest BCUT2D eigenvalue weighted by molar-refractivity contribution is 7.92. The zero-order valence-electron chi connectivity index (χ0n) is 17.3. The summed E-state index contributed by atoms with van der Waals surface area (Å²) >= 11 is 0. The molecule has 4 rings (SSSR count). The van der Waals surface area contributed by atoms with Crippen LogP contribution in [-0.2, 0) is 15.4 Å². The Balaban J connectivity index is 1.97. The van der Waals surface area contributed by atoms with E-state index >= 15 is 0 Å². The topological polar surface area (TPSA) is 85.0 Å². The van der Waals surface area contributed by atoms with Crippen LogP contribution < -0.4 is 4.31 Å². The van der Waals surface area contributed by atoms with Crippen molar-refractivity contribution in [2.45, 2.75) is 62.3 Å². The highest BCUT2D eigenvalue weighted by Crippen LogP contribution is 2.57. The van der Waals surface area contributed by atoms with Crippen molar-refractivity contribution in [3.63, 3.8) is 0 Å². The molecule has 0 unspecified atom stereocenters. The fourth-order valence-corrected chi connectivity index (χ4v) is 7.10. The molecule has 1 aliphatic heterocycles. The third kappa shape index (κ3) is 2.99. The summed E-state index contributed by atoms with van der Waals surface area (Å²) in [5, 5.41) is 19.3. The summed E-state index contributed by atoms with van der Waals surface area (Å²) in [5.41, 5.74) is 3.16. The van der Waals surface area contributed by atoms with Gasteiger partial charge in [-0.15, -0.1) is 0 Å². The molecule has 2 aromatic rings. The van der Waals surface area contributed by atoms with Gasteiger partial charge < -0.3 is 0 Å². The van der Waals surface area contributed by atoms with Gasteiger partial charge in [-0.2, -0.15) is 10.5 Å². The lowest BCUT2D eigenvalue weighted by atomic mass is 9.62. The summed E-state index contributed by atoms with van der Waals surface area (Å²) in [4.78, 5) is 0.234. The lowest BCUT2D eigenvalue weighted by Crippen LogP contribution is -2.53. The minimum Gasteiger partial charge on any atom is -0.261 e. The number of benzene rings is 2. The minimum absolute atomic E-state index is 0.234. The maximum absolute atomic E-state index is 13.9. The molecule has 3 atom stereocenters. The number of rotatable bonds is 4. The predicted molar refractivity (Wildman–Crippen MR) is 115 cm³/mol.